The Morgan fingerprint density at radius 3 is 2.21 bits per heavy atom. The minimum Gasteiger partial charge on any atom is -0.379 e. The number of hydrogen-bond acceptors (Lipinski definition) is 6. The van der Waals surface area contributed by atoms with Gasteiger partial charge in [0.15, 0.2) is 0 Å². The van der Waals surface area contributed by atoms with Crippen LogP contribution in [0.25, 0.3) is 22.2 Å². The van der Waals surface area contributed by atoms with Gasteiger partial charge in [-0.3, -0.25) is 10.1 Å². The van der Waals surface area contributed by atoms with Gasteiger partial charge in [-0.1, -0.05) is 22.6 Å². The molecule has 0 atom stereocenters. The maximum Gasteiger partial charge on any atom is 0.258 e. The van der Waals surface area contributed by atoms with E-state index in [0.717, 1.165) is 28.0 Å². The average Bonchev–Trinajstić information content (AvgIpc) is 3.31. The summed E-state index contributed by atoms with van der Waals surface area (Å²) in [6.07, 6.45) is 7.01. The largest absolute Gasteiger partial charge is 0.379 e. The first-order chi connectivity index (χ1) is 17.7. The highest BCUT2D eigenvalue weighted by Gasteiger charge is 2.65. The summed E-state index contributed by atoms with van der Waals surface area (Å²) in [6.45, 7) is 0. The van der Waals surface area contributed by atoms with E-state index in [1.807, 2.05) is 42.1 Å². The summed E-state index contributed by atoms with van der Waals surface area (Å²) in [5.41, 5.74) is 3.24. The molecular formula is C22H29B8N7O. The Labute approximate surface area is 230 Å². The number of carbonyl (C=O) groups is 1. The van der Waals surface area contributed by atoms with Crippen LogP contribution >= 0.6 is 0 Å². The third-order valence-electron chi connectivity index (χ3n) is 9.90. The van der Waals surface area contributed by atoms with Crippen LogP contribution in [0.15, 0.2) is 55.2 Å². The van der Waals surface area contributed by atoms with Crippen LogP contribution in [-0.4, -0.2) is 104 Å². The van der Waals surface area contributed by atoms with Crippen molar-refractivity contribution in [2.75, 3.05) is 10.2 Å². The second-order valence-corrected chi connectivity index (χ2v) is 12.4. The molecule has 0 aliphatic carbocycles. The number of rotatable bonds is 4. The van der Waals surface area contributed by atoms with Crippen molar-refractivity contribution < 1.29 is 4.79 Å². The lowest BCUT2D eigenvalue weighted by atomic mass is 9.17. The number of aryl methyl sites for hydroxylation is 1. The number of aromatic nitrogens is 5. The Balaban J connectivity index is 1.45. The normalized spacial score (nSPS) is 18.8. The van der Waals surface area contributed by atoms with E-state index in [1.165, 1.54) is 0 Å². The predicted octanol–water partition coefficient (Wildman–Crippen LogP) is -4.90. The zero-order valence-electron chi connectivity index (χ0n) is 23.8. The topological polar surface area (TPSA) is 88.8 Å². The second-order valence-electron chi connectivity index (χ2n) is 12.4. The van der Waals surface area contributed by atoms with Crippen molar-refractivity contribution in [3.8, 4) is 11.3 Å². The number of benzene rings is 1. The van der Waals surface area contributed by atoms with Crippen LogP contribution in [0.3, 0.4) is 0 Å². The molecule has 0 bridgehead atoms. The van der Waals surface area contributed by atoms with Crippen molar-refractivity contribution in [2.45, 2.75) is 21.1 Å². The number of hydrogen-bond donors (Lipinski definition) is 1. The first kappa shape index (κ1) is 26.3. The fourth-order valence-corrected chi connectivity index (χ4v) is 6.09. The van der Waals surface area contributed by atoms with Crippen LogP contribution in [-0.2, 0) is 7.05 Å². The summed E-state index contributed by atoms with van der Waals surface area (Å²) >= 11 is 0. The smallest absolute Gasteiger partial charge is 0.258 e. The van der Waals surface area contributed by atoms with E-state index < -0.39 is 0 Å². The third kappa shape index (κ3) is 3.75. The summed E-state index contributed by atoms with van der Waals surface area (Å²) in [7, 11) is 20.3. The number of anilines is 2. The number of imidazole rings is 1. The van der Waals surface area contributed by atoms with Gasteiger partial charge in [0.25, 0.3) is 5.91 Å². The van der Waals surface area contributed by atoms with Crippen LogP contribution in [0.2, 0.25) is 10.4 Å². The molecule has 4 heterocycles. The fourth-order valence-electron chi connectivity index (χ4n) is 6.09. The maximum absolute atomic E-state index is 13.3. The molecule has 1 aliphatic rings. The van der Waals surface area contributed by atoms with Crippen molar-refractivity contribution in [3.05, 3.63) is 60.8 Å². The highest BCUT2D eigenvalue weighted by Crippen LogP contribution is 2.63. The molecule has 1 aromatic carbocycles. The summed E-state index contributed by atoms with van der Waals surface area (Å²) in [5.74, 6) is 0.766. The Hall–Kier alpha value is -3.29. The predicted molar refractivity (Wildman–Crippen MR) is 176 cm³/mol. The number of carbonyl (C=O) groups excluding carboxylic acids is 1. The van der Waals surface area contributed by atoms with Gasteiger partial charge in [0.05, 0.1) is 55.1 Å². The molecule has 1 saturated heterocycles. The minimum atomic E-state index is -0.274. The molecule has 4 aromatic rings. The minimum absolute atomic E-state index is 0.0172. The maximum atomic E-state index is 13.3. The van der Waals surface area contributed by atoms with E-state index in [1.54, 1.807) is 24.8 Å². The van der Waals surface area contributed by atoms with Crippen molar-refractivity contribution in [2.24, 2.45) is 7.05 Å². The molecule has 0 radical (unpaired) electrons. The van der Waals surface area contributed by atoms with E-state index in [-0.39, 0.29) is 33.0 Å². The van der Waals surface area contributed by atoms with Crippen molar-refractivity contribution >= 4 is 91.3 Å². The SMILES string of the molecule is BC1(B)N(c2cc(C(=O)Nc3ncc4ccc(-c5cncn5C)cc4n3)ccn2)C(B)(B)C(B)(B)C1(B)B. The fraction of sp³-hybridized carbons (Fsp3) is 0.227. The molecule has 1 aliphatic heterocycles. The number of pyridine rings is 1. The molecule has 1 amide bonds. The molecule has 1 fully saturated rings. The molecule has 1 N–H and O–H groups in total. The molecule has 3 aromatic heterocycles. The number of fused-ring (bicyclic) bond motifs is 1. The van der Waals surface area contributed by atoms with Crippen molar-refractivity contribution in [3.63, 3.8) is 0 Å². The Morgan fingerprint density at radius 2 is 1.58 bits per heavy atom. The van der Waals surface area contributed by atoms with Crippen LogP contribution in [0, 0.1) is 0 Å². The van der Waals surface area contributed by atoms with Crippen LogP contribution in [0.5, 0.6) is 0 Å². The number of amides is 1. The van der Waals surface area contributed by atoms with Crippen molar-refractivity contribution in [1.29, 1.82) is 0 Å². The van der Waals surface area contributed by atoms with Crippen LogP contribution in [0.4, 0.5) is 11.8 Å². The van der Waals surface area contributed by atoms with Gasteiger partial charge in [0, 0.05) is 36.0 Å². The van der Waals surface area contributed by atoms with E-state index in [9.17, 15) is 4.79 Å². The van der Waals surface area contributed by atoms with Gasteiger partial charge in [0.2, 0.25) is 5.95 Å². The Kier molecular flexibility index (Phi) is 5.97. The highest BCUT2D eigenvalue weighted by molar-refractivity contribution is 6.69. The molecule has 0 saturated carbocycles. The van der Waals surface area contributed by atoms with Gasteiger partial charge in [-0.05, 0) is 28.9 Å². The van der Waals surface area contributed by atoms with Gasteiger partial charge < -0.3 is 9.47 Å². The van der Waals surface area contributed by atoms with Gasteiger partial charge in [-0.2, -0.15) is 0 Å². The first-order valence-electron chi connectivity index (χ1n) is 13.0. The number of nitrogens with one attached hydrogen (secondary N) is 1. The zero-order valence-corrected chi connectivity index (χ0v) is 23.8. The lowest BCUT2D eigenvalue weighted by molar-refractivity contribution is 0.102. The quantitative estimate of drug-likeness (QED) is 0.287. The number of nitrogens with zero attached hydrogens (tertiary/aromatic N) is 6. The van der Waals surface area contributed by atoms with E-state index in [4.69, 9.17) is 4.98 Å². The Bertz CT molecular complexity index is 1550. The molecular weight excluding hydrogens is 465 g/mol. The van der Waals surface area contributed by atoms with Crippen molar-refractivity contribution in [1.82, 2.24) is 24.5 Å². The zero-order chi connectivity index (χ0) is 27.7. The summed E-state index contributed by atoms with van der Waals surface area (Å²) in [5, 5.41) is 3.34. The molecule has 0 unspecified atom stereocenters. The molecule has 0 spiro atoms. The average molecular weight is 494 g/mol. The molecule has 5 rings (SSSR count). The standard InChI is InChI=1S/C22H29B8N7O/c1-36-10-31-9-15(36)11-2-3-13-8-33-18(34-14(13)6-11)35-17(38)12-4-5-32-16(7-12)37-21(27,28)19(23,24)20(25,26)22(37,29)30/h2-10H,23-30H2,1H3,(H,33,34,35,38). The lowest BCUT2D eigenvalue weighted by Crippen LogP contribution is -2.60. The van der Waals surface area contributed by atoms with E-state index in [2.05, 4.69) is 87.9 Å². The monoisotopic (exact) mass is 495 g/mol. The van der Waals surface area contributed by atoms with Gasteiger partial charge in [0.1, 0.15) is 37.2 Å². The van der Waals surface area contributed by atoms with Crippen LogP contribution in [0.1, 0.15) is 10.4 Å². The van der Waals surface area contributed by atoms with Gasteiger partial charge in [-0.15, -0.1) is 0 Å². The third-order valence-corrected chi connectivity index (χ3v) is 9.90. The molecule has 38 heavy (non-hydrogen) atoms. The van der Waals surface area contributed by atoms with Gasteiger partial charge in [-0.25, -0.2) is 19.9 Å². The summed E-state index contributed by atoms with van der Waals surface area (Å²) < 4.78 is 1.96. The summed E-state index contributed by atoms with van der Waals surface area (Å²) in [6, 6.07) is 9.57. The lowest BCUT2D eigenvalue weighted by Gasteiger charge is -2.46. The molecule has 182 valence electrons. The van der Waals surface area contributed by atoms with E-state index >= 15 is 0 Å². The Morgan fingerprint density at radius 1 is 0.895 bits per heavy atom. The van der Waals surface area contributed by atoms with E-state index in [0.29, 0.717) is 5.56 Å². The second kappa shape index (κ2) is 8.61. The molecule has 8 nitrogen and oxygen atoms in total. The van der Waals surface area contributed by atoms with Crippen LogP contribution < -0.4 is 10.2 Å². The first-order valence-corrected chi connectivity index (χ1v) is 13.0. The van der Waals surface area contributed by atoms with Gasteiger partial charge >= 0.3 is 0 Å². The summed E-state index contributed by atoms with van der Waals surface area (Å²) in [4.78, 5) is 33.7. The highest BCUT2D eigenvalue weighted by atomic mass is 16.1. The molecule has 16 heteroatoms.